The van der Waals surface area contributed by atoms with Crippen LogP contribution >= 0.6 is 0 Å². The fourth-order valence-corrected chi connectivity index (χ4v) is 3.00. The molecule has 3 nitrogen and oxygen atoms in total. The summed E-state index contributed by atoms with van der Waals surface area (Å²) in [5, 5.41) is 9.02. The number of carbonyl (C=O) groups excluding carboxylic acids is 1. The zero-order valence-electron chi connectivity index (χ0n) is 10.1. The number of carbonyl (C=O) groups is 1. The Labute approximate surface area is 104 Å². The molecule has 104 valence electrons. The van der Waals surface area contributed by atoms with Crippen molar-refractivity contribution in [2.45, 2.75) is 44.3 Å². The summed E-state index contributed by atoms with van der Waals surface area (Å²) in [6, 6.07) is -0.0624. The molecule has 0 spiro atoms. The number of amides is 1. The minimum absolute atomic E-state index is 0.0236. The summed E-state index contributed by atoms with van der Waals surface area (Å²) in [6.45, 7) is 0.469. The van der Waals surface area contributed by atoms with Gasteiger partial charge in [0.15, 0.2) is 0 Å². The topological polar surface area (TPSA) is 40.5 Å². The summed E-state index contributed by atoms with van der Waals surface area (Å²) in [5.41, 5.74) is 0. The van der Waals surface area contributed by atoms with Crippen LogP contribution in [0.1, 0.15) is 32.1 Å². The van der Waals surface area contributed by atoms with Crippen molar-refractivity contribution < 1.29 is 23.1 Å². The normalized spacial score (nSPS) is 34.1. The highest BCUT2D eigenvalue weighted by atomic mass is 19.4. The standard InChI is InChI=1S/C12H18F3NO2/c13-12(14,15)9-1-3-10(4-2-9)16-6-8(7-17)5-11(16)18/h8-10,17H,1-7H2. The number of likely N-dealkylation sites (tertiary alicyclic amines) is 1. The number of rotatable bonds is 2. The van der Waals surface area contributed by atoms with Crippen LogP contribution in [0.25, 0.3) is 0 Å². The molecule has 2 fully saturated rings. The van der Waals surface area contributed by atoms with E-state index in [-0.39, 0.29) is 37.3 Å². The largest absolute Gasteiger partial charge is 0.396 e. The van der Waals surface area contributed by atoms with Crippen LogP contribution in [-0.2, 0) is 4.79 Å². The number of hydrogen-bond acceptors (Lipinski definition) is 2. The van der Waals surface area contributed by atoms with Gasteiger partial charge >= 0.3 is 6.18 Å². The van der Waals surface area contributed by atoms with Gasteiger partial charge in [-0.25, -0.2) is 0 Å². The lowest BCUT2D eigenvalue weighted by atomic mass is 9.85. The van der Waals surface area contributed by atoms with Gasteiger partial charge in [0.25, 0.3) is 0 Å². The lowest BCUT2D eigenvalue weighted by molar-refractivity contribution is -0.184. The Kier molecular flexibility index (Phi) is 3.84. The van der Waals surface area contributed by atoms with E-state index in [2.05, 4.69) is 0 Å². The molecule has 1 unspecified atom stereocenters. The van der Waals surface area contributed by atoms with E-state index < -0.39 is 12.1 Å². The summed E-state index contributed by atoms with van der Waals surface area (Å²) in [5.74, 6) is -1.28. The third-order valence-electron chi connectivity index (χ3n) is 4.10. The molecule has 1 N–H and O–H groups in total. The second kappa shape index (κ2) is 5.07. The van der Waals surface area contributed by atoms with Gasteiger partial charge < -0.3 is 10.0 Å². The van der Waals surface area contributed by atoms with E-state index in [9.17, 15) is 18.0 Å². The molecular formula is C12H18F3NO2. The van der Waals surface area contributed by atoms with Crippen molar-refractivity contribution in [3.63, 3.8) is 0 Å². The molecule has 0 aromatic carbocycles. The molecule has 0 radical (unpaired) electrons. The van der Waals surface area contributed by atoms with Crippen LogP contribution in [0, 0.1) is 11.8 Å². The van der Waals surface area contributed by atoms with Gasteiger partial charge in [0.05, 0.1) is 5.92 Å². The van der Waals surface area contributed by atoms with Gasteiger partial charge in [-0.05, 0) is 25.7 Å². The van der Waals surface area contributed by atoms with Crippen molar-refractivity contribution in [3.8, 4) is 0 Å². The molecule has 0 aromatic rings. The first-order valence-electron chi connectivity index (χ1n) is 6.39. The summed E-state index contributed by atoms with van der Waals surface area (Å²) < 4.78 is 37.6. The highest BCUT2D eigenvalue weighted by molar-refractivity contribution is 5.79. The van der Waals surface area contributed by atoms with E-state index in [4.69, 9.17) is 5.11 Å². The highest BCUT2D eigenvalue weighted by Crippen LogP contribution is 2.39. The predicted octanol–water partition coefficient (Wildman–Crippen LogP) is 1.95. The van der Waals surface area contributed by atoms with Crippen molar-refractivity contribution in [2.75, 3.05) is 13.2 Å². The van der Waals surface area contributed by atoms with E-state index in [1.54, 1.807) is 4.90 Å². The first-order valence-corrected chi connectivity index (χ1v) is 6.39. The number of aliphatic hydroxyl groups excluding tert-OH is 1. The average molecular weight is 265 g/mol. The Morgan fingerprint density at radius 3 is 2.28 bits per heavy atom. The maximum Gasteiger partial charge on any atom is 0.391 e. The van der Waals surface area contributed by atoms with Gasteiger partial charge in [0.2, 0.25) is 5.91 Å². The van der Waals surface area contributed by atoms with Crippen LogP contribution in [0.5, 0.6) is 0 Å². The second-order valence-electron chi connectivity index (χ2n) is 5.35. The van der Waals surface area contributed by atoms with E-state index >= 15 is 0 Å². The summed E-state index contributed by atoms with van der Waals surface area (Å²) >= 11 is 0. The Hall–Kier alpha value is -0.780. The highest BCUT2D eigenvalue weighted by Gasteiger charge is 2.43. The molecule has 2 aliphatic rings. The van der Waals surface area contributed by atoms with Crippen LogP contribution in [0.4, 0.5) is 13.2 Å². The van der Waals surface area contributed by atoms with E-state index in [0.29, 0.717) is 25.8 Å². The molecule has 1 saturated carbocycles. The molecule has 1 heterocycles. The monoisotopic (exact) mass is 265 g/mol. The number of halogens is 3. The quantitative estimate of drug-likeness (QED) is 0.829. The number of nitrogens with zero attached hydrogens (tertiary/aromatic N) is 1. The zero-order valence-corrected chi connectivity index (χ0v) is 10.1. The maximum atomic E-state index is 12.5. The molecule has 1 saturated heterocycles. The fraction of sp³-hybridized carbons (Fsp3) is 0.917. The molecular weight excluding hydrogens is 247 g/mol. The molecule has 1 aliphatic carbocycles. The van der Waals surface area contributed by atoms with E-state index in [0.717, 1.165) is 0 Å². The molecule has 6 heteroatoms. The smallest absolute Gasteiger partial charge is 0.391 e. The lowest BCUT2D eigenvalue weighted by Crippen LogP contribution is -2.41. The molecule has 18 heavy (non-hydrogen) atoms. The molecule has 1 amide bonds. The van der Waals surface area contributed by atoms with Gasteiger partial charge in [-0.2, -0.15) is 13.2 Å². The van der Waals surface area contributed by atoms with Crippen LogP contribution < -0.4 is 0 Å². The lowest BCUT2D eigenvalue weighted by Gasteiger charge is -2.35. The summed E-state index contributed by atoms with van der Waals surface area (Å²) in [4.78, 5) is 13.4. The molecule has 0 aromatic heterocycles. The third kappa shape index (κ3) is 2.79. The van der Waals surface area contributed by atoms with Crippen LogP contribution in [-0.4, -0.2) is 41.3 Å². The Morgan fingerprint density at radius 2 is 1.83 bits per heavy atom. The fourth-order valence-electron chi connectivity index (χ4n) is 3.00. The van der Waals surface area contributed by atoms with Crippen molar-refractivity contribution in [1.29, 1.82) is 0 Å². The van der Waals surface area contributed by atoms with Crippen molar-refractivity contribution >= 4 is 5.91 Å². The van der Waals surface area contributed by atoms with Crippen LogP contribution in [0.3, 0.4) is 0 Å². The first kappa shape index (κ1) is 13.6. The molecule has 1 aliphatic heterocycles. The Morgan fingerprint density at radius 1 is 1.22 bits per heavy atom. The van der Waals surface area contributed by atoms with Crippen molar-refractivity contribution in [2.24, 2.45) is 11.8 Å². The van der Waals surface area contributed by atoms with Crippen LogP contribution in [0.2, 0.25) is 0 Å². The van der Waals surface area contributed by atoms with Crippen LogP contribution in [0.15, 0.2) is 0 Å². The predicted molar refractivity (Wildman–Crippen MR) is 58.7 cm³/mol. The molecule has 2 rings (SSSR count). The summed E-state index contributed by atoms with van der Waals surface area (Å²) in [6.07, 6.45) is -2.70. The van der Waals surface area contributed by atoms with Gasteiger partial charge in [-0.1, -0.05) is 0 Å². The van der Waals surface area contributed by atoms with Crippen molar-refractivity contribution in [1.82, 2.24) is 4.90 Å². The van der Waals surface area contributed by atoms with E-state index in [1.165, 1.54) is 0 Å². The van der Waals surface area contributed by atoms with Gasteiger partial charge in [0.1, 0.15) is 0 Å². The van der Waals surface area contributed by atoms with Gasteiger partial charge in [-0.3, -0.25) is 4.79 Å². The third-order valence-corrected chi connectivity index (χ3v) is 4.10. The molecule has 0 bridgehead atoms. The van der Waals surface area contributed by atoms with E-state index in [1.807, 2.05) is 0 Å². The zero-order chi connectivity index (χ0) is 13.3. The number of hydrogen-bond donors (Lipinski definition) is 1. The molecule has 1 atom stereocenters. The number of alkyl halides is 3. The minimum atomic E-state index is -4.10. The van der Waals surface area contributed by atoms with Gasteiger partial charge in [0, 0.05) is 31.5 Å². The maximum absolute atomic E-state index is 12.5. The number of aliphatic hydroxyl groups is 1. The Bertz CT molecular complexity index is 311. The first-order chi connectivity index (χ1) is 8.41. The SMILES string of the molecule is O=C1CC(CO)CN1C1CCC(C(F)(F)F)CC1. The Balaban J connectivity index is 1.89. The second-order valence-corrected chi connectivity index (χ2v) is 5.35. The van der Waals surface area contributed by atoms with Crippen molar-refractivity contribution in [3.05, 3.63) is 0 Å². The summed E-state index contributed by atoms with van der Waals surface area (Å²) in [7, 11) is 0. The average Bonchev–Trinajstić information content (AvgIpc) is 2.70. The van der Waals surface area contributed by atoms with Gasteiger partial charge in [-0.15, -0.1) is 0 Å². The minimum Gasteiger partial charge on any atom is -0.396 e.